The molecule has 1 aliphatic rings. The molecule has 2 unspecified atom stereocenters. The van der Waals surface area contributed by atoms with E-state index in [1.165, 1.54) is 5.56 Å². The second-order valence-electron chi connectivity index (χ2n) is 4.32. The third-order valence-electron chi connectivity index (χ3n) is 3.33. The van der Waals surface area contributed by atoms with Crippen molar-refractivity contribution in [3.8, 4) is 0 Å². The third-order valence-corrected chi connectivity index (χ3v) is 3.33. The molecule has 2 N–H and O–H groups in total. The highest BCUT2D eigenvalue weighted by Crippen LogP contribution is 2.37. The molecule has 2 atom stereocenters. The molecule has 1 saturated heterocycles. The second-order valence-corrected chi connectivity index (χ2v) is 4.32. The van der Waals surface area contributed by atoms with Gasteiger partial charge in [-0.25, -0.2) is 0 Å². The first-order valence-corrected chi connectivity index (χ1v) is 5.72. The van der Waals surface area contributed by atoms with Gasteiger partial charge in [0.05, 0.1) is 5.60 Å². The Hall–Kier alpha value is -0.860. The second kappa shape index (κ2) is 4.33. The van der Waals surface area contributed by atoms with E-state index in [0.717, 1.165) is 25.9 Å². The molecular formula is C13H19NO. The molecule has 0 bridgehead atoms. The molecule has 2 heteroatoms. The van der Waals surface area contributed by atoms with Crippen LogP contribution in [0.4, 0.5) is 0 Å². The van der Waals surface area contributed by atoms with Crippen molar-refractivity contribution in [1.82, 2.24) is 0 Å². The van der Waals surface area contributed by atoms with Crippen molar-refractivity contribution in [3.05, 3.63) is 35.9 Å². The quantitative estimate of drug-likeness (QED) is 0.804. The number of hydrogen-bond acceptors (Lipinski definition) is 2. The van der Waals surface area contributed by atoms with Crippen LogP contribution in [0.15, 0.2) is 30.3 Å². The number of ether oxygens (including phenoxy) is 1. The van der Waals surface area contributed by atoms with Gasteiger partial charge in [-0.15, -0.1) is 0 Å². The van der Waals surface area contributed by atoms with Gasteiger partial charge in [-0.05, 0) is 24.8 Å². The lowest BCUT2D eigenvalue weighted by atomic mass is 9.82. The average molecular weight is 205 g/mol. The lowest BCUT2D eigenvalue weighted by Crippen LogP contribution is -2.42. The summed E-state index contributed by atoms with van der Waals surface area (Å²) in [4.78, 5) is 0. The van der Waals surface area contributed by atoms with Crippen LogP contribution in [0.25, 0.3) is 0 Å². The van der Waals surface area contributed by atoms with Crippen LogP contribution in [-0.4, -0.2) is 12.6 Å². The minimum Gasteiger partial charge on any atom is -0.370 e. The Labute approximate surface area is 91.4 Å². The van der Waals surface area contributed by atoms with Crippen molar-refractivity contribution in [2.75, 3.05) is 6.61 Å². The third kappa shape index (κ3) is 2.06. The van der Waals surface area contributed by atoms with E-state index < -0.39 is 0 Å². The predicted molar refractivity (Wildman–Crippen MR) is 61.6 cm³/mol. The molecule has 2 nitrogen and oxygen atoms in total. The molecule has 0 amide bonds. The van der Waals surface area contributed by atoms with Crippen molar-refractivity contribution in [3.63, 3.8) is 0 Å². The lowest BCUT2D eigenvalue weighted by Gasteiger charge is -2.39. The van der Waals surface area contributed by atoms with Crippen LogP contribution in [-0.2, 0) is 10.3 Å². The Morgan fingerprint density at radius 2 is 2.13 bits per heavy atom. The van der Waals surface area contributed by atoms with Crippen LogP contribution < -0.4 is 5.73 Å². The van der Waals surface area contributed by atoms with Crippen LogP contribution in [0.5, 0.6) is 0 Å². The van der Waals surface area contributed by atoms with Gasteiger partial charge in [-0.1, -0.05) is 37.3 Å². The summed E-state index contributed by atoms with van der Waals surface area (Å²) in [7, 11) is 0. The summed E-state index contributed by atoms with van der Waals surface area (Å²) in [5, 5.41) is 0. The Balaban J connectivity index is 2.28. The van der Waals surface area contributed by atoms with E-state index in [1.54, 1.807) is 0 Å². The van der Waals surface area contributed by atoms with Gasteiger partial charge in [-0.3, -0.25) is 0 Å². The summed E-state index contributed by atoms with van der Waals surface area (Å²) >= 11 is 0. The van der Waals surface area contributed by atoms with E-state index in [-0.39, 0.29) is 11.6 Å². The van der Waals surface area contributed by atoms with Gasteiger partial charge in [0.1, 0.15) is 0 Å². The summed E-state index contributed by atoms with van der Waals surface area (Å²) in [6.07, 6.45) is 2.91. The van der Waals surface area contributed by atoms with E-state index in [2.05, 4.69) is 31.2 Å². The molecule has 82 valence electrons. The molecule has 0 spiro atoms. The van der Waals surface area contributed by atoms with Crippen molar-refractivity contribution in [2.24, 2.45) is 5.73 Å². The molecule has 0 radical (unpaired) electrons. The zero-order valence-electron chi connectivity index (χ0n) is 9.28. The van der Waals surface area contributed by atoms with E-state index >= 15 is 0 Å². The normalized spacial score (nSPS) is 31.5. The summed E-state index contributed by atoms with van der Waals surface area (Å²) < 4.78 is 5.99. The van der Waals surface area contributed by atoms with Crippen LogP contribution in [0.3, 0.4) is 0 Å². The van der Waals surface area contributed by atoms with E-state index in [4.69, 9.17) is 10.5 Å². The fraction of sp³-hybridized carbons (Fsp3) is 0.538. The topological polar surface area (TPSA) is 35.2 Å². The zero-order chi connectivity index (χ0) is 10.7. The SMILES string of the molecule is CCC1(c2ccccc2)CC(N)CCO1. The Morgan fingerprint density at radius 3 is 2.73 bits per heavy atom. The standard InChI is InChI=1S/C13H19NO/c1-2-13(10-12(14)8-9-15-13)11-6-4-3-5-7-11/h3-7,12H,2,8-10,14H2,1H3. The van der Waals surface area contributed by atoms with Crippen molar-refractivity contribution in [1.29, 1.82) is 0 Å². The zero-order valence-corrected chi connectivity index (χ0v) is 9.28. The summed E-state index contributed by atoms with van der Waals surface area (Å²) in [6.45, 7) is 2.95. The molecule has 1 aliphatic heterocycles. The molecular weight excluding hydrogens is 186 g/mol. The maximum Gasteiger partial charge on any atom is 0.0943 e. The molecule has 1 aromatic carbocycles. The van der Waals surface area contributed by atoms with Crippen LogP contribution in [0.2, 0.25) is 0 Å². The molecule has 1 heterocycles. The first-order valence-electron chi connectivity index (χ1n) is 5.72. The molecule has 0 aliphatic carbocycles. The highest BCUT2D eigenvalue weighted by Gasteiger charge is 2.36. The van der Waals surface area contributed by atoms with Gasteiger partial charge >= 0.3 is 0 Å². The minimum absolute atomic E-state index is 0.140. The van der Waals surface area contributed by atoms with Gasteiger partial charge in [-0.2, -0.15) is 0 Å². The highest BCUT2D eigenvalue weighted by atomic mass is 16.5. The number of hydrogen-bond donors (Lipinski definition) is 1. The molecule has 1 fully saturated rings. The maximum atomic E-state index is 6.04. The van der Waals surface area contributed by atoms with Gasteiger partial charge in [0.25, 0.3) is 0 Å². The highest BCUT2D eigenvalue weighted by molar-refractivity contribution is 5.23. The first kappa shape index (κ1) is 10.7. The van der Waals surface area contributed by atoms with E-state index in [0.29, 0.717) is 0 Å². The van der Waals surface area contributed by atoms with Gasteiger partial charge in [0.2, 0.25) is 0 Å². The fourth-order valence-electron chi connectivity index (χ4n) is 2.38. The van der Waals surface area contributed by atoms with Gasteiger partial charge in [0.15, 0.2) is 0 Å². The maximum absolute atomic E-state index is 6.04. The smallest absolute Gasteiger partial charge is 0.0943 e. The van der Waals surface area contributed by atoms with Crippen molar-refractivity contribution < 1.29 is 4.74 Å². The molecule has 0 saturated carbocycles. The minimum atomic E-state index is -0.140. The molecule has 15 heavy (non-hydrogen) atoms. The fourth-order valence-corrected chi connectivity index (χ4v) is 2.38. The van der Waals surface area contributed by atoms with E-state index in [1.807, 2.05) is 6.07 Å². The Kier molecular flexibility index (Phi) is 3.08. The number of benzene rings is 1. The Bertz CT molecular complexity index is 312. The first-order chi connectivity index (χ1) is 7.27. The summed E-state index contributed by atoms with van der Waals surface area (Å²) in [5.41, 5.74) is 7.17. The number of nitrogens with two attached hydrogens (primary N) is 1. The predicted octanol–water partition coefficient (Wildman–Crippen LogP) is 2.43. The summed E-state index contributed by atoms with van der Waals surface area (Å²) in [5.74, 6) is 0. The van der Waals surface area contributed by atoms with Crippen LogP contribution in [0, 0.1) is 0 Å². The van der Waals surface area contributed by atoms with Crippen molar-refractivity contribution >= 4 is 0 Å². The average Bonchev–Trinajstić information content (AvgIpc) is 2.30. The largest absolute Gasteiger partial charge is 0.370 e. The van der Waals surface area contributed by atoms with Crippen LogP contribution in [0.1, 0.15) is 31.7 Å². The van der Waals surface area contributed by atoms with Crippen molar-refractivity contribution in [2.45, 2.75) is 37.8 Å². The molecule has 0 aromatic heterocycles. The summed E-state index contributed by atoms with van der Waals surface area (Å²) in [6, 6.07) is 10.7. The van der Waals surface area contributed by atoms with Crippen LogP contribution >= 0.6 is 0 Å². The Morgan fingerprint density at radius 1 is 1.40 bits per heavy atom. The molecule has 1 aromatic rings. The van der Waals surface area contributed by atoms with Gasteiger partial charge in [0, 0.05) is 12.6 Å². The molecule has 2 rings (SSSR count). The lowest BCUT2D eigenvalue weighted by molar-refractivity contribution is -0.0925. The number of rotatable bonds is 2. The van der Waals surface area contributed by atoms with Gasteiger partial charge < -0.3 is 10.5 Å². The van der Waals surface area contributed by atoms with E-state index in [9.17, 15) is 0 Å². The monoisotopic (exact) mass is 205 g/mol.